The summed E-state index contributed by atoms with van der Waals surface area (Å²) in [6, 6.07) is -0.144. The lowest BCUT2D eigenvalue weighted by Crippen LogP contribution is -2.52. The first-order valence-corrected chi connectivity index (χ1v) is 6.28. The van der Waals surface area contributed by atoms with Crippen LogP contribution < -0.4 is 5.32 Å². The third-order valence-electron chi connectivity index (χ3n) is 2.83. The second-order valence-corrected chi connectivity index (χ2v) is 5.05. The van der Waals surface area contributed by atoms with Crippen LogP contribution in [0, 0.1) is 5.92 Å². The predicted molar refractivity (Wildman–Crippen MR) is 66.4 cm³/mol. The van der Waals surface area contributed by atoms with Crippen LogP contribution in [-0.2, 0) is 9.53 Å². The van der Waals surface area contributed by atoms with E-state index in [1.807, 2.05) is 13.8 Å². The molecule has 1 heterocycles. The fraction of sp³-hybridized carbons (Fsp3) is 0.833. The Labute approximate surface area is 107 Å². The van der Waals surface area contributed by atoms with Gasteiger partial charge in [-0.1, -0.05) is 6.92 Å². The largest absolute Gasteiger partial charge is 0.481 e. The zero-order chi connectivity index (χ0) is 13.7. The van der Waals surface area contributed by atoms with Crippen LogP contribution in [0.2, 0.25) is 0 Å². The third kappa shape index (κ3) is 4.91. The van der Waals surface area contributed by atoms with Crippen molar-refractivity contribution in [3.05, 3.63) is 0 Å². The van der Waals surface area contributed by atoms with Crippen LogP contribution in [0.25, 0.3) is 0 Å². The third-order valence-corrected chi connectivity index (χ3v) is 2.83. The Bertz CT molecular complexity index is 298. The van der Waals surface area contributed by atoms with E-state index in [1.54, 1.807) is 11.8 Å². The van der Waals surface area contributed by atoms with Crippen LogP contribution in [0.1, 0.15) is 27.2 Å². The van der Waals surface area contributed by atoms with E-state index in [1.165, 1.54) is 0 Å². The van der Waals surface area contributed by atoms with Gasteiger partial charge in [0.15, 0.2) is 0 Å². The minimum absolute atomic E-state index is 0.0379. The Morgan fingerprint density at radius 2 is 1.94 bits per heavy atom. The van der Waals surface area contributed by atoms with Crippen molar-refractivity contribution in [2.24, 2.45) is 5.92 Å². The first-order valence-electron chi connectivity index (χ1n) is 6.28. The van der Waals surface area contributed by atoms with Crippen molar-refractivity contribution in [3.8, 4) is 0 Å². The van der Waals surface area contributed by atoms with Crippen LogP contribution in [0.4, 0.5) is 4.79 Å². The number of nitrogens with one attached hydrogen (secondary N) is 1. The molecule has 0 spiro atoms. The van der Waals surface area contributed by atoms with E-state index < -0.39 is 5.97 Å². The second kappa shape index (κ2) is 6.58. The maximum Gasteiger partial charge on any atom is 0.317 e. The Morgan fingerprint density at radius 1 is 1.39 bits per heavy atom. The Balaban J connectivity index is 2.34. The molecule has 3 atom stereocenters. The van der Waals surface area contributed by atoms with E-state index in [2.05, 4.69) is 5.32 Å². The summed E-state index contributed by atoms with van der Waals surface area (Å²) in [6.45, 7) is 7.20. The quantitative estimate of drug-likeness (QED) is 0.785. The van der Waals surface area contributed by atoms with Crippen molar-refractivity contribution >= 4 is 12.0 Å². The number of hydrogen-bond donors (Lipinski definition) is 2. The van der Waals surface area contributed by atoms with Gasteiger partial charge in [-0.2, -0.15) is 0 Å². The van der Waals surface area contributed by atoms with Gasteiger partial charge < -0.3 is 20.1 Å². The number of morpholine rings is 1. The van der Waals surface area contributed by atoms with Gasteiger partial charge in [0.1, 0.15) is 0 Å². The number of carboxylic acid groups (broad SMARTS) is 1. The number of hydrogen-bond acceptors (Lipinski definition) is 3. The smallest absolute Gasteiger partial charge is 0.317 e. The highest BCUT2D eigenvalue weighted by Gasteiger charge is 2.25. The molecule has 0 aliphatic carbocycles. The summed E-state index contributed by atoms with van der Waals surface area (Å²) in [5, 5.41) is 11.4. The molecule has 0 saturated carbocycles. The topological polar surface area (TPSA) is 78.9 Å². The zero-order valence-corrected chi connectivity index (χ0v) is 11.2. The van der Waals surface area contributed by atoms with E-state index in [9.17, 15) is 9.59 Å². The van der Waals surface area contributed by atoms with Crippen molar-refractivity contribution in [2.45, 2.75) is 39.4 Å². The molecular formula is C12H22N2O4. The minimum Gasteiger partial charge on any atom is -0.481 e. The number of carbonyl (C=O) groups is 2. The molecule has 1 unspecified atom stereocenters. The summed E-state index contributed by atoms with van der Waals surface area (Å²) < 4.78 is 5.55. The molecule has 2 N–H and O–H groups in total. The predicted octanol–water partition coefficient (Wildman–Crippen LogP) is 0.916. The molecule has 2 amide bonds. The van der Waals surface area contributed by atoms with Crippen molar-refractivity contribution in [3.63, 3.8) is 0 Å². The lowest BCUT2D eigenvalue weighted by Gasteiger charge is -2.35. The summed E-state index contributed by atoms with van der Waals surface area (Å²) in [5.41, 5.74) is 0. The first kappa shape index (κ1) is 14.8. The highest BCUT2D eigenvalue weighted by atomic mass is 16.5. The summed E-state index contributed by atoms with van der Waals surface area (Å²) in [7, 11) is 0. The molecule has 0 aromatic carbocycles. The monoisotopic (exact) mass is 258 g/mol. The van der Waals surface area contributed by atoms with Gasteiger partial charge in [0.05, 0.1) is 12.2 Å². The molecule has 1 saturated heterocycles. The number of nitrogens with zero attached hydrogens (tertiary/aromatic N) is 1. The average Bonchev–Trinajstić information content (AvgIpc) is 2.23. The molecule has 6 nitrogen and oxygen atoms in total. The average molecular weight is 258 g/mol. The van der Waals surface area contributed by atoms with Crippen molar-refractivity contribution in [1.29, 1.82) is 0 Å². The number of amides is 2. The normalized spacial score (nSPS) is 25.6. The van der Waals surface area contributed by atoms with Gasteiger partial charge in [0.2, 0.25) is 0 Å². The van der Waals surface area contributed by atoms with E-state index in [0.29, 0.717) is 19.6 Å². The lowest BCUT2D eigenvalue weighted by molar-refractivity contribution is -0.137. The Morgan fingerprint density at radius 3 is 2.44 bits per heavy atom. The minimum atomic E-state index is -0.842. The number of rotatable bonds is 4. The van der Waals surface area contributed by atoms with E-state index in [0.717, 1.165) is 0 Å². The molecule has 6 heteroatoms. The summed E-state index contributed by atoms with van der Waals surface area (Å²) in [6.07, 6.45) is 0.141. The zero-order valence-electron chi connectivity index (χ0n) is 11.2. The van der Waals surface area contributed by atoms with Gasteiger partial charge in [-0.3, -0.25) is 4.79 Å². The van der Waals surface area contributed by atoms with Crippen LogP contribution in [-0.4, -0.2) is 53.8 Å². The van der Waals surface area contributed by atoms with Crippen molar-refractivity contribution in [2.75, 3.05) is 19.6 Å². The van der Waals surface area contributed by atoms with E-state index in [-0.39, 0.29) is 30.6 Å². The maximum atomic E-state index is 11.9. The van der Waals surface area contributed by atoms with Gasteiger partial charge in [-0.25, -0.2) is 4.79 Å². The molecule has 18 heavy (non-hydrogen) atoms. The number of carboxylic acids is 1. The molecule has 0 aromatic rings. The number of carbonyl (C=O) groups excluding carboxylic acids is 1. The molecule has 1 fully saturated rings. The number of ether oxygens (including phenoxy) is 1. The van der Waals surface area contributed by atoms with Gasteiger partial charge in [0, 0.05) is 26.1 Å². The Kier molecular flexibility index (Phi) is 5.40. The summed E-state index contributed by atoms with van der Waals surface area (Å²) in [4.78, 5) is 24.1. The SMILES string of the molecule is CC(CNC(=O)N1C[C@@H](C)O[C@@H](C)C1)CC(=O)O. The van der Waals surface area contributed by atoms with Crippen LogP contribution >= 0.6 is 0 Å². The molecule has 104 valence electrons. The van der Waals surface area contributed by atoms with Crippen molar-refractivity contribution in [1.82, 2.24) is 10.2 Å². The van der Waals surface area contributed by atoms with Gasteiger partial charge in [0.25, 0.3) is 0 Å². The van der Waals surface area contributed by atoms with Crippen LogP contribution in [0.15, 0.2) is 0 Å². The van der Waals surface area contributed by atoms with Gasteiger partial charge in [-0.15, -0.1) is 0 Å². The molecule has 1 aliphatic rings. The van der Waals surface area contributed by atoms with Crippen LogP contribution in [0.3, 0.4) is 0 Å². The molecule has 0 aromatic heterocycles. The fourth-order valence-electron chi connectivity index (χ4n) is 2.09. The van der Waals surface area contributed by atoms with Crippen molar-refractivity contribution < 1.29 is 19.4 Å². The molecule has 0 radical (unpaired) electrons. The standard InChI is InChI=1S/C12H22N2O4/c1-8(4-11(15)16)5-13-12(17)14-6-9(2)18-10(3)7-14/h8-10H,4-7H2,1-3H3,(H,13,17)(H,15,16)/t8?,9-,10+. The molecule has 0 bridgehead atoms. The number of aliphatic carboxylic acids is 1. The highest BCUT2D eigenvalue weighted by Crippen LogP contribution is 2.10. The summed E-state index contributed by atoms with van der Waals surface area (Å²) in [5.74, 6) is -0.910. The second-order valence-electron chi connectivity index (χ2n) is 5.05. The van der Waals surface area contributed by atoms with Crippen LogP contribution in [0.5, 0.6) is 0 Å². The van der Waals surface area contributed by atoms with Gasteiger partial charge >= 0.3 is 12.0 Å². The maximum absolute atomic E-state index is 11.9. The molecular weight excluding hydrogens is 236 g/mol. The first-order chi connectivity index (χ1) is 8.38. The number of urea groups is 1. The Hall–Kier alpha value is -1.30. The summed E-state index contributed by atoms with van der Waals surface area (Å²) >= 11 is 0. The molecule has 1 aliphatic heterocycles. The lowest BCUT2D eigenvalue weighted by atomic mass is 10.1. The highest BCUT2D eigenvalue weighted by molar-refractivity contribution is 5.74. The van der Waals surface area contributed by atoms with E-state index >= 15 is 0 Å². The van der Waals surface area contributed by atoms with Gasteiger partial charge in [-0.05, 0) is 19.8 Å². The van der Waals surface area contributed by atoms with E-state index in [4.69, 9.17) is 9.84 Å². The fourth-order valence-corrected chi connectivity index (χ4v) is 2.09. The molecule has 1 rings (SSSR count).